The van der Waals surface area contributed by atoms with Crippen LogP contribution in [0.15, 0.2) is 30.7 Å². The van der Waals surface area contributed by atoms with Crippen LogP contribution in [0.25, 0.3) is 0 Å². The minimum absolute atomic E-state index is 0.102. The van der Waals surface area contributed by atoms with E-state index in [2.05, 4.69) is 4.98 Å². The summed E-state index contributed by atoms with van der Waals surface area (Å²) in [6.07, 6.45) is 5.18. The highest BCUT2D eigenvalue weighted by molar-refractivity contribution is 5.33. The Bertz CT molecular complexity index is 627. The molecule has 2 N–H and O–H groups in total. The van der Waals surface area contributed by atoms with E-state index in [-0.39, 0.29) is 11.9 Å². The third-order valence-electron chi connectivity index (χ3n) is 3.22. The second-order valence-electron chi connectivity index (χ2n) is 4.83. The molecule has 0 aliphatic heterocycles. The predicted molar refractivity (Wildman–Crippen MR) is 74.4 cm³/mol. The molecule has 0 saturated carbocycles. The lowest BCUT2D eigenvalue weighted by atomic mass is 10.1. The molecule has 0 aliphatic carbocycles. The monoisotopic (exact) mass is 272 g/mol. The van der Waals surface area contributed by atoms with Crippen LogP contribution >= 0.6 is 0 Å². The molecule has 1 aromatic carbocycles. The first-order valence-electron chi connectivity index (χ1n) is 6.57. The molecule has 1 heterocycles. The molecule has 0 aliphatic rings. The SMILES string of the molecule is CCC(N)Cc1cn(Cc2ccc(C#N)cc2F)cn1. The molecule has 1 unspecified atom stereocenters. The molecule has 5 heteroatoms. The molecule has 0 bridgehead atoms. The molecule has 1 aromatic heterocycles. The van der Waals surface area contributed by atoms with Gasteiger partial charge in [-0.25, -0.2) is 9.37 Å². The maximum atomic E-state index is 13.8. The lowest BCUT2D eigenvalue weighted by Crippen LogP contribution is -2.21. The van der Waals surface area contributed by atoms with Gasteiger partial charge in [-0.3, -0.25) is 0 Å². The van der Waals surface area contributed by atoms with E-state index in [0.29, 0.717) is 17.7 Å². The minimum Gasteiger partial charge on any atom is -0.333 e. The lowest BCUT2D eigenvalue weighted by Gasteiger charge is -2.06. The van der Waals surface area contributed by atoms with Gasteiger partial charge >= 0.3 is 0 Å². The van der Waals surface area contributed by atoms with Crippen LogP contribution in [0.5, 0.6) is 0 Å². The summed E-state index contributed by atoms with van der Waals surface area (Å²) in [7, 11) is 0. The molecule has 0 amide bonds. The van der Waals surface area contributed by atoms with Crippen molar-refractivity contribution in [1.29, 1.82) is 5.26 Å². The molecular formula is C15H17FN4. The second-order valence-corrected chi connectivity index (χ2v) is 4.83. The molecule has 1 atom stereocenters. The minimum atomic E-state index is -0.371. The van der Waals surface area contributed by atoms with Gasteiger partial charge in [-0.15, -0.1) is 0 Å². The molecule has 0 saturated heterocycles. The van der Waals surface area contributed by atoms with Gasteiger partial charge in [0.1, 0.15) is 5.82 Å². The summed E-state index contributed by atoms with van der Waals surface area (Å²) >= 11 is 0. The van der Waals surface area contributed by atoms with Gasteiger partial charge in [0.15, 0.2) is 0 Å². The van der Waals surface area contributed by atoms with E-state index in [0.717, 1.165) is 18.5 Å². The number of nitriles is 1. The molecule has 0 fully saturated rings. The summed E-state index contributed by atoms with van der Waals surface area (Å²) in [6, 6.07) is 6.51. The summed E-state index contributed by atoms with van der Waals surface area (Å²) < 4.78 is 15.6. The van der Waals surface area contributed by atoms with E-state index < -0.39 is 0 Å². The van der Waals surface area contributed by atoms with Gasteiger partial charge < -0.3 is 10.3 Å². The number of rotatable bonds is 5. The molecule has 104 valence electrons. The van der Waals surface area contributed by atoms with E-state index in [1.54, 1.807) is 18.5 Å². The van der Waals surface area contributed by atoms with Gasteiger partial charge in [0, 0.05) is 24.2 Å². The number of aromatic nitrogens is 2. The fourth-order valence-corrected chi connectivity index (χ4v) is 1.95. The van der Waals surface area contributed by atoms with Crippen LogP contribution in [-0.2, 0) is 13.0 Å². The van der Waals surface area contributed by atoms with Crippen molar-refractivity contribution >= 4 is 0 Å². The van der Waals surface area contributed by atoms with E-state index >= 15 is 0 Å². The second kappa shape index (κ2) is 6.31. The number of hydrogen-bond acceptors (Lipinski definition) is 3. The Kier molecular flexibility index (Phi) is 4.49. The third kappa shape index (κ3) is 3.43. The fraction of sp³-hybridized carbons (Fsp3) is 0.333. The van der Waals surface area contributed by atoms with Crippen molar-refractivity contribution in [3.05, 3.63) is 53.4 Å². The molecule has 2 aromatic rings. The van der Waals surface area contributed by atoms with Crippen molar-refractivity contribution in [3.8, 4) is 6.07 Å². The van der Waals surface area contributed by atoms with E-state index in [9.17, 15) is 4.39 Å². The highest BCUT2D eigenvalue weighted by atomic mass is 19.1. The predicted octanol–water partition coefficient (Wildman–Crippen LogP) is 2.22. The first-order chi connectivity index (χ1) is 9.62. The zero-order valence-electron chi connectivity index (χ0n) is 11.4. The smallest absolute Gasteiger partial charge is 0.129 e. The van der Waals surface area contributed by atoms with Crippen LogP contribution in [0.3, 0.4) is 0 Å². The van der Waals surface area contributed by atoms with Crippen LogP contribution in [-0.4, -0.2) is 15.6 Å². The largest absolute Gasteiger partial charge is 0.333 e. The van der Waals surface area contributed by atoms with Crippen LogP contribution in [0, 0.1) is 17.1 Å². The van der Waals surface area contributed by atoms with Crippen molar-refractivity contribution in [1.82, 2.24) is 9.55 Å². The topological polar surface area (TPSA) is 67.6 Å². The van der Waals surface area contributed by atoms with E-state index in [4.69, 9.17) is 11.0 Å². The Morgan fingerprint density at radius 2 is 2.30 bits per heavy atom. The number of nitrogens with zero attached hydrogens (tertiary/aromatic N) is 3. The van der Waals surface area contributed by atoms with Gasteiger partial charge in [0.25, 0.3) is 0 Å². The highest BCUT2D eigenvalue weighted by Gasteiger charge is 2.07. The van der Waals surface area contributed by atoms with Crippen molar-refractivity contribution in [3.63, 3.8) is 0 Å². The normalized spacial score (nSPS) is 12.1. The van der Waals surface area contributed by atoms with Gasteiger partial charge in [0.2, 0.25) is 0 Å². The number of nitrogens with two attached hydrogens (primary N) is 1. The van der Waals surface area contributed by atoms with Crippen LogP contribution in [0.4, 0.5) is 4.39 Å². The van der Waals surface area contributed by atoms with E-state index in [1.165, 1.54) is 6.07 Å². The van der Waals surface area contributed by atoms with Crippen molar-refractivity contribution < 1.29 is 4.39 Å². The fourth-order valence-electron chi connectivity index (χ4n) is 1.95. The van der Waals surface area contributed by atoms with Crippen molar-refractivity contribution in [2.75, 3.05) is 0 Å². The first-order valence-corrected chi connectivity index (χ1v) is 6.57. The van der Waals surface area contributed by atoms with Crippen LogP contribution < -0.4 is 5.73 Å². The van der Waals surface area contributed by atoms with Crippen molar-refractivity contribution in [2.45, 2.75) is 32.4 Å². The first kappa shape index (κ1) is 14.2. The highest BCUT2D eigenvalue weighted by Crippen LogP contribution is 2.12. The third-order valence-corrected chi connectivity index (χ3v) is 3.22. The molecule has 20 heavy (non-hydrogen) atoms. The Morgan fingerprint density at radius 3 is 2.95 bits per heavy atom. The average molecular weight is 272 g/mol. The Hall–Kier alpha value is -2.19. The Morgan fingerprint density at radius 1 is 1.50 bits per heavy atom. The Balaban J connectivity index is 2.09. The summed E-state index contributed by atoms with van der Waals surface area (Å²) in [5, 5.41) is 8.71. The number of halogens is 1. The molecule has 0 radical (unpaired) electrons. The Labute approximate surface area is 117 Å². The van der Waals surface area contributed by atoms with Gasteiger partial charge in [-0.2, -0.15) is 5.26 Å². The van der Waals surface area contributed by atoms with E-state index in [1.807, 2.05) is 23.8 Å². The molecule has 2 rings (SSSR count). The number of hydrogen-bond donors (Lipinski definition) is 1. The average Bonchev–Trinajstić information content (AvgIpc) is 2.88. The molecular weight excluding hydrogens is 255 g/mol. The number of benzene rings is 1. The number of imidazole rings is 1. The van der Waals surface area contributed by atoms with Gasteiger partial charge in [0.05, 0.1) is 30.2 Å². The molecule has 4 nitrogen and oxygen atoms in total. The van der Waals surface area contributed by atoms with Gasteiger partial charge in [-0.1, -0.05) is 13.0 Å². The lowest BCUT2D eigenvalue weighted by molar-refractivity contribution is 0.598. The summed E-state index contributed by atoms with van der Waals surface area (Å²) in [5.41, 5.74) is 7.65. The summed E-state index contributed by atoms with van der Waals surface area (Å²) in [4.78, 5) is 4.27. The summed E-state index contributed by atoms with van der Waals surface area (Å²) in [6.45, 7) is 2.43. The molecule has 0 spiro atoms. The van der Waals surface area contributed by atoms with Crippen LogP contribution in [0.1, 0.15) is 30.2 Å². The summed E-state index contributed by atoms with van der Waals surface area (Å²) in [5.74, 6) is -0.371. The van der Waals surface area contributed by atoms with Crippen LogP contribution in [0.2, 0.25) is 0 Å². The zero-order chi connectivity index (χ0) is 14.5. The quantitative estimate of drug-likeness (QED) is 0.907. The van der Waals surface area contributed by atoms with Gasteiger partial charge in [-0.05, 0) is 18.6 Å². The zero-order valence-corrected chi connectivity index (χ0v) is 11.4. The standard InChI is InChI=1S/C15H17FN4/c1-2-13(18)6-14-9-20(10-19-14)8-12-4-3-11(7-17)5-15(12)16/h3-5,9-10,13H,2,6,8,18H2,1H3. The maximum absolute atomic E-state index is 13.8. The van der Waals surface area contributed by atoms with Crippen molar-refractivity contribution in [2.24, 2.45) is 5.73 Å². The maximum Gasteiger partial charge on any atom is 0.129 e.